The molecule has 3 aromatic rings. The molecule has 0 bridgehead atoms. The third-order valence-electron chi connectivity index (χ3n) is 5.04. The van der Waals surface area contributed by atoms with E-state index in [1.165, 1.54) is 19.2 Å². The molecule has 0 unspecified atom stereocenters. The molecule has 1 aliphatic heterocycles. The second-order valence-corrected chi connectivity index (χ2v) is 6.63. The van der Waals surface area contributed by atoms with E-state index in [2.05, 4.69) is 27.4 Å². The summed E-state index contributed by atoms with van der Waals surface area (Å²) < 4.78 is 19.0. The van der Waals surface area contributed by atoms with Crippen LogP contribution in [0.4, 0.5) is 9.18 Å². The van der Waals surface area contributed by atoms with Gasteiger partial charge in [0.25, 0.3) is 0 Å². The maximum absolute atomic E-state index is 13.6. The van der Waals surface area contributed by atoms with Crippen LogP contribution in [0.15, 0.2) is 42.6 Å². The third kappa shape index (κ3) is 3.19. The van der Waals surface area contributed by atoms with Crippen molar-refractivity contribution >= 4 is 22.6 Å². The molecule has 2 aromatic heterocycles. The van der Waals surface area contributed by atoms with Gasteiger partial charge in [0.15, 0.2) is 0 Å². The van der Waals surface area contributed by atoms with E-state index in [0.717, 1.165) is 39.8 Å². The number of aromatic amines is 1. The summed E-state index contributed by atoms with van der Waals surface area (Å²) in [4.78, 5) is 21.3. The lowest BCUT2D eigenvalue weighted by atomic mass is 10.0. The molecule has 1 aliphatic rings. The molecule has 0 fully saturated rings. The Bertz CT molecular complexity index is 1070. The molecule has 0 spiro atoms. The zero-order valence-electron chi connectivity index (χ0n) is 15.8. The van der Waals surface area contributed by atoms with Crippen molar-refractivity contribution in [2.75, 3.05) is 27.2 Å². The van der Waals surface area contributed by atoms with E-state index in [4.69, 9.17) is 4.74 Å². The zero-order chi connectivity index (χ0) is 19.7. The Morgan fingerprint density at radius 1 is 1.29 bits per heavy atom. The molecule has 2 N–H and O–H groups in total. The van der Waals surface area contributed by atoms with E-state index < -0.39 is 0 Å². The summed E-state index contributed by atoms with van der Waals surface area (Å²) >= 11 is 0. The fourth-order valence-corrected chi connectivity index (χ4v) is 3.58. The van der Waals surface area contributed by atoms with Crippen molar-refractivity contribution in [1.29, 1.82) is 0 Å². The van der Waals surface area contributed by atoms with Gasteiger partial charge in [-0.2, -0.15) is 0 Å². The average molecular weight is 380 g/mol. The summed E-state index contributed by atoms with van der Waals surface area (Å²) in [5, 5.41) is 3.59. The molecule has 28 heavy (non-hydrogen) atoms. The Morgan fingerprint density at radius 3 is 2.86 bits per heavy atom. The molecule has 0 radical (unpaired) electrons. The van der Waals surface area contributed by atoms with Gasteiger partial charge in [-0.05, 0) is 41.8 Å². The number of rotatable bonds is 3. The number of ether oxygens (including phenoxy) is 1. The molecule has 1 aromatic carbocycles. The van der Waals surface area contributed by atoms with Gasteiger partial charge in [-0.3, -0.25) is 0 Å². The molecular formula is C21H21FN4O2. The molecule has 0 saturated heterocycles. The number of carbonyl (C=O) groups excluding carboxylic acids is 1. The van der Waals surface area contributed by atoms with E-state index in [9.17, 15) is 9.18 Å². The van der Waals surface area contributed by atoms with Crippen LogP contribution < -0.4 is 10.1 Å². The molecule has 0 atom stereocenters. The quantitative estimate of drug-likeness (QED) is 0.726. The molecule has 144 valence electrons. The molecule has 7 heteroatoms. The molecule has 0 saturated carbocycles. The maximum atomic E-state index is 13.6. The number of aromatic nitrogens is 2. The van der Waals surface area contributed by atoms with Crippen molar-refractivity contribution in [3.8, 4) is 16.9 Å². The topological polar surface area (TPSA) is 70.2 Å². The number of hydrogen-bond acceptors (Lipinski definition) is 3. The van der Waals surface area contributed by atoms with Crippen LogP contribution in [0.1, 0.15) is 12.1 Å². The van der Waals surface area contributed by atoms with Gasteiger partial charge in [0.1, 0.15) is 17.2 Å². The van der Waals surface area contributed by atoms with Crippen LogP contribution in [0.5, 0.6) is 5.75 Å². The summed E-state index contributed by atoms with van der Waals surface area (Å²) in [6, 6.07) is 8.41. The van der Waals surface area contributed by atoms with E-state index in [1.807, 2.05) is 6.07 Å². The predicted molar refractivity (Wildman–Crippen MR) is 107 cm³/mol. The lowest BCUT2D eigenvalue weighted by molar-refractivity contribution is 0.205. The van der Waals surface area contributed by atoms with E-state index in [-0.39, 0.29) is 11.8 Å². The van der Waals surface area contributed by atoms with Gasteiger partial charge in [-0.25, -0.2) is 14.2 Å². The van der Waals surface area contributed by atoms with Gasteiger partial charge < -0.3 is 19.9 Å². The van der Waals surface area contributed by atoms with E-state index in [0.29, 0.717) is 18.8 Å². The summed E-state index contributed by atoms with van der Waals surface area (Å²) in [7, 11) is 3.17. The lowest BCUT2D eigenvalue weighted by Gasteiger charge is -2.25. The van der Waals surface area contributed by atoms with Crippen molar-refractivity contribution in [2.24, 2.45) is 0 Å². The first-order chi connectivity index (χ1) is 13.6. The maximum Gasteiger partial charge on any atom is 0.317 e. The Kier molecular flexibility index (Phi) is 4.73. The van der Waals surface area contributed by atoms with Gasteiger partial charge in [0.05, 0.1) is 7.11 Å². The molecule has 3 heterocycles. The van der Waals surface area contributed by atoms with Crippen LogP contribution in [0.2, 0.25) is 0 Å². The highest BCUT2D eigenvalue weighted by Crippen LogP contribution is 2.36. The number of carbonyl (C=O) groups is 1. The summed E-state index contributed by atoms with van der Waals surface area (Å²) in [5.74, 6) is 0.141. The number of nitrogens with zero attached hydrogens (tertiary/aromatic N) is 2. The standard InChI is InChI=1S/C21H21FN4O2/c1-23-21(27)26-9-6-13(7-10-26)18-12-17-15(5-8-24-20(17)25-18)16-4-3-14(22)11-19(16)28-2/h3-6,8,11-12H,7,9-10H2,1-2H3,(H,23,27)(H,24,25). The van der Waals surface area contributed by atoms with Crippen LogP contribution in [0, 0.1) is 5.82 Å². The van der Waals surface area contributed by atoms with E-state index in [1.54, 1.807) is 24.2 Å². The first-order valence-electron chi connectivity index (χ1n) is 9.08. The summed E-state index contributed by atoms with van der Waals surface area (Å²) in [5.41, 5.74) is 4.62. The Morgan fingerprint density at radius 2 is 2.14 bits per heavy atom. The highest BCUT2D eigenvalue weighted by atomic mass is 19.1. The first kappa shape index (κ1) is 18.0. The van der Waals surface area contributed by atoms with E-state index >= 15 is 0 Å². The van der Waals surface area contributed by atoms with Gasteiger partial charge in [0.2, 0.25) is 0 Å². The Hall–Kier alpha value is -3.35. The van der Waals surface area contributed by atoms with Crippen LogP contribution in [-0.4, -0.2) is 48.1 Å². The van der Waals surface area contributed by atoms with Crippen molar-refractivity contribution in [2.45, 2.75) is 6.42 Å². The Labute approximate surface area is 162 Å². The van der Waals surface area contributed by atoms with Gasteiger partial charge in [-0.15, -0.1) is 0 Å². The smallest absolute Gasteiger partial charge is 0.317 e. The van der Waals surface area contributed by atoms with Gasteiger partial charge in [-0.1, -0.05) is 6.08 Å². The number of benzene rings is 1. The number of hydrogen-bond donors (Lipinski definition) is 2. The second kappa shape index (κ2) is 7.34. The van der Waals surface area contributed by atoms with Crippen molar-refractivity contribution in [3.05, 3.63) is 54.1 Å². The highest BCUT2D eigenvalue weighted by molar-refractivity contribution is 5.96. The minimum Gasteiger partial charge on any atom is -0.496 e. The van der Waals surface area contributed by atoms with Gasteiger partial charge >= 0.3 is 6.03 Å². The third-order valence-corrected chi connectivity index (χ3v) is 5.04. The van der Waals surface area contributed by atoms with Crippen LogP contribution >= 0.6 is 0 Å². The van der Waals surface area contributed by atoms with Crippen LogP contribution in [0.25, 0.3) is 27.7 Å². The second-order valence-electron chi connectivity index (χ2n) is 6.63. The number of halogens is 1. The fourth-order valence-electron chi connectivity index (χ4n) is 3.58. The van der Waals surface area contributed by atoms with Crippen molar-refractivity contribution in [3.63, 3.8) is 0 Å². The van der Waals surface area contributed by atoms with Gasteiger partial charge in [0, 0.05) is 49.0 Å². The largest absolute Gasteiger partial charge is 0.496 e. The number of methoxy groups -OCH3 is 1. The number of nitrogens with one attached hydrogen (secondary N) is 2. The summed E-state index contributed by atoms with van der Waals surface area (Å²) in [6.45, 7) is 1.23. The highest BCUT2D eigenvalue weighted by Gasteiger charge is 2.19. The number of urea groups is 1. The number of pyridine rings is 1. The molecule has 6 nitrogen and oxygen atoms in total. The molecular weight excluding hydrogens is 359 g/mol. The minimum atomic E-state index is -0.339. The summed E-state index contributed by atoms with van der Waals surface area (Å²) in [6.07, 6.45) is 4.54. The number of amides is 2. The number of fused-ring (bicyclic) bond motifs is 1. The lowest BCUT2D eigenvalue weighted by Crippen LogP contribution is -2.40. The predicted octanol–water partition coefficient (Wildman–Crippen LogP) is 3.81. The molecule has 0 aliphatic carbocycles. The normalized spacial score (nSPS) is 14.1. The monoisotopic (exact) mass is 380 g/mol. The molecule has 4 rings (SSSR count). The molecule has 2 amide bonds. The Balaban J connectivity index is 1.73. The van der Waals surface area contributed by atoms with Crippen LogP contribution in [0.3, 0.4) is 0 Å². The van der Waals surface area contributed by atoms with Crippen LogP contribution in [-0.2, 0) is 0 Å². The minimum absolute atomic E-state index is 0.0701. The SMILES string of the molecule is CNC(=O)N1CC=C(c2cc3c(-c4ccc(F)cc4OC)ccnc3[nH]2)CC1. The average Bonchev–Trinajstić information content (AvgIpc) is 3.17. The zero-order valence-corrected chi connectivity index (χ0v) is 15.8. The van der Waals surface area contributed by atoms with Crippen molar-refractivity contribution in [1.82, 2.24) is 20.2 Å². The fraction of sp³-hybridized carbons (Fsp3) is 0.238. The van der Waals surface area contributed by atoms with Crippen molar-refractivity contribution < 1.29 is 13.9 Å². The first-order valence-corrected chi connectivity index (χ1v) is 9.08. The number of H-pyrrole nitrogens is 1.